The first-order valence-electron chi connectivity index (χ1n) is 15.1. The van der Waals surface area contributed by atoms with Crippen molar-refractivity contribution in [3.8, 4) is 0 Å². The lowest BCUT2D eigenvalue weighted by molar-refractivity contribution is -0.176. The monoisotopic (exact) mass is 551 g/mol. The van der Waals surface area contributed by atoms with E-state index in [1.165, 1.54) is 32.6 Å². The molecule has 1 aliphatic rings. The van der Waals surface area contributed by atoms with Crippen molar-refractivity contribution in [3.05, 3.63) is 72.4 Å². The SMILES string of the molecule is CCCCC/C=C\C/C=C\C/C=C\CCCCC(=O)OC(C)(N[C@@H]1C[C@H]1c1ccccc1)C(=O)C(=O)OCCC. The molecule has 1 aromatic rings. The Morgan fingerprint density at radius 1 is 0.875 bits per heavy atom. The van der Waals surface area contributed by atoms with Crippen LogP contribution in [0.5, 0.6) is 0 Å². The van der Waals surface area contributed by atoms with Crippen LogP contribution in [0.4, 0.5) is 0 Å². The zero-order valence-electron chi connectivity index (χ0n) is 24.7. The van der Waals surface area contributed by atoms with Gasteiger partial charge in [-0.2, -0.15) is 0 Å². The molecule has 220 valence electrons. The first kappa shape index (κ1) is 33.2. The van der Waals surface area contributed by atoms with Gasteiger partial charge in [0.2, 0.25) is 5.72 Å². The summed E-state index contributed by atoms with van der Waals surface area (Å²) in [6, 6.07) is 9.90. The predicted octanol–water partition coefficient (Wildman–Crippen LogP) is 7.50. The number of nitrogens with one attached hydrogen (secondary N) is 1. The van der Waals surface area contributed by atoms with Crippen molar-refractivity contribution in [2.24, 2.45) is 0 Å². The number of carbonyl (C=O) groups is 3. The number of carbonyl (C=O) groups excluding carboxylic acids is 3. The second kappa shape index (κ2) is 19.1. The highest BCUT2D eigenvalue weighted by Crippen LogP contribution is 2.42. The second-order valence-corrected chi connectivity index (χ2v) is 10.6. The van der Waals surface area contributed by atoms with E-state index in [1.807, 2.05) is 37.3 Å². The van der Waals surface area contributed by atoms with Gasteiger partial charge in [0.25, 0.3) is 5.78 Å². The van der Waals surface area contributed by atoms with E-state index in [0.717, 1.165) is 37.7 Å². The summed E-state index contributed by atoms with van der Waals surface area (Å²) in [5, 5.41) is 3.14. The van der Waals surface area contributed by atoms with Crippen LogP contribution in [-0.2, 0) is 23.9 Å². The van der Waals surface area contributed by atoms with Crippen molar-refractivity contribution in [2.75, 3.05) is 6.61 Å². The first-order chi connectivity index (χ1) is 19.4. The zero-order chi connectivity index (χ0) is 29.1. The van der Waals surface area contributed by atoms with Gasteiger partial charge >= 0.3 is 11.9 Å². The molecule has 6 heteroatoms. The molecule has 2 rings (SSSR count). The summed E-state index contributed by atoms with van der Waals surface area (Å²) in [5.41, 5.74) is -0.611. The normalized spacial score (nSPS) is 18.3. The van der Waals surface area contributed by atoms with Crippen LogP contribution in [0.15, 0.2) is 66.8 Å². The van der Waals surface area contributed by atoms with Gasteiger partial charge in [-0.3, -0.25) is 14.9 Å². The first-order valence-corrected chi connectivity index (χ1v) is 15.1. The smallest absolute Gasteiger partial charge is 0.380 e. The second-order valence-electron chi connectivity index (χ2n) is 10.6. The quantitative estimate of drug-likeness (QED) is 0.0560. The molecule has 0 radical (unpaired) electrons. The zero-order valence-corrected chi connectivity index (χ0v) is 24.7. The minimum absolute atomic E-state index is 0.0656. The van der Waals surface area contributed by atoms with E-state index in [0.29, 0.717) is 12.8 Å². The van der Waals surface area contributed by atoms with Crippen molar-refractivity contribution in [3.63, 3.8) is 0 Å². The van der Waals surface area contributed by atoms with Crippen LogP contribution in [-0.4, -0.2) is 36.1 Å². The number of Topliss-reactive ketones (excluding diaryl/α,β-unsaturated/α-hetero) is 1. The lowest BCUT2D eigenvalue weighted by Crippen LogP contribution is -2.57. The van der Waals surface area contributed by atoms with Crippen LogP contribution in [0.25, 0.3) is 0 Å². The van der Waals surface area contributed by atoms with E-state index >= 15 is 0 Å². The molecule has 0 aromatic heterocycles. The molecule has 6 nitrogen and oxygen atoms in total. The minimum atomic E-state index is -1.76. The van der Waals surface area contributed by atoms with Gasteiger partial charge in [0, 0.05) is 18.4 Å². The number of esters is 2. The van der Waals surface area contributed by atoms with Gasteiger partial charge in [-0.15, -0.1) is 0 Å². The number of unbranched alkanes of at least 4 members (excludes halogenated alkanes) is 5. The molecule has 1 saturated carbocycles. The van der Waals surface area contributed by atoms with E-state index < -0.39 is 23.4 Å². The summed E-state index contributed by atoms with van der Waals surface area (Å²) < 4.78 is 10.7. The van der Waals surface area contributed by atoms with Gasteiger partial charge in [0.05, 0.1) is 6.61 Å². The summed E-state index contributed by atoms with van der Waals surface area (Å²) >= 11 is 0. The summed E-state index contributed by atoms with van der Waals surface area (Å²) in [5.74, 6) is -2.16. The third-order valence-electron chi connectivity index (χ3n) is 6.87. The van der Waals surface area contributed by atoms with Crippen LogP contribution in [0.3, 0.4) is 0 Å². The average Bonchev–Trinajstić information content (AvgIpc) is 3.72. The van der Waals surface area contributed by atoms with Crippen molar-refractivity contribution >= 4 is 17.7 Å². The van der Waals surface area contributed by atoms with E-state index in [-0.39, 0.29) is 25.0 Å². The Hall–Kier alpha value is -2.99. The molecule has 40 heavy (non-hydrogen) atoms. The maximum absolute atomic E-state index is 13.0. The minimum Gasteiger partial charge on any atom is -0.460 e. The summed E-state index contributed by atoms with van der Waals surface area (Å²) in [6.07, 6.45) is 23.9. The lowest BCUT2D eigenvalue weighted by Gasteiger charge is -2.28. The van der Waals surface area contributed by atoms with E-state index in [4.69, 9.17) is 9.47 Å². The van der Waals surface area contributed by atoms with Crippen molar-refractivity contribution < 1.29 is 23.9 Å². The molecule has 0 spiro atoms. The molecular weight excluding hydrogens is 502 g/mol. The van der Waals surface area contributed by atoms with Gasteiger partial charge in [0.1, 0.15) is 0 Å². The molecule has 0 aliphatic heterocycles. The molecular formula is C34H49NO5. The van der Waals surface area contributed by atoms with E-state index in [2.05, 4.69) is 48.7 Å². The maximum Gasteiger partial charge on any atom is 0.380 e. The fourth-order valence-corrected chi connectivity index (χ4v) is 4.47. The highest BCUT2D eigenvalue weighted by Gasteiger charge is 2.49. The van der Waals surface area contributed by atoms with Gasteiger partial charge in [-0.05, 0) is 70.3 Å². The van der Waals surface area contributed by atoms with Gasteiger partial charge < -0.3 is 9.47 Å². The highest BCUT2D eigenvalue weighted by molar-refractivity contribution is 6.36. The topological polar surface area (TPSA) is 81.7 Å². The molecule has 0 saturated heterocycles. The standard InChI is InChI=1S/C34H49NO5/c1-4-6-7-8-9-10-11-12-13-14-15-16-17-18-22-25-31(36)40-34(3,32(37)33(38)39-26-5-2)35-30-27-29(30)28-23-20-19-21-24-28/h9-10,12-13,15-16,19-21,23-24,29-30,35H,4-8,11,14,17-18,22,25-27H2,1-3H3/b10-9-,13-12-,16-15-/t29-,30+,34?/m0/s1. The summed E-state index contributed by atoms with van der Waals surface area (Å²) in [4.78, 5) is 38.1. The van der Waals surface area contributed by atoms with Crippen LogP contribution < -0.4 is 5.32 Å². The van der Waals surface area contributed by atoms with Crippen LogP contribution in [0.1, 0.15) is 109 Å². The Morgan fingerprint density at radius 2 is 1.50 bits per heavy atom. The Bertz CT molecular complexity index is 983. The number of ketones is 1. The molecule has 0 amide bonds. The van der Waals surface area contributed by atoms with Crippen molar-refractivity contribution in [1.82, 2.24) is 5.32 Å². The number of rotatable bonds is 21. The Morgan fingerprint density at radius 3 is 2.12 bits per heavy atom. The van der Waals surface area contributed by atoms with E-state index in [1.54, 1.807) is 0 Å². The Labute approximate surface area is 241 Å². The third-order valence-corrected chi connectivity index (χ3v) is 6.87. The fraction of sp³-hybridized carbons (Fsp3) is 0.559. The number of hydrogen-bond acceptors (Lipinski definition) is 6. The fourth-order valence-electron chi connectivity index (χ4n) is 4.47. The lowest BCUT2D eigenvalue weighted by atomic mass is 10.1. The molecule has 1 aromatic carbocycles. The van der Waals surface area contributed by atoms with E-state index in [9.17, 15) is 14.4 Å². The Balaban J connectivity index is 1.74. The van der Waals surface area contributed by atoms with Crippen molar-refractivity contribution in [1.29, 1.82) is 0 Å². The number of allylic oxidation sites excluding steroid dienone is 6. The van der Waals surface area contributed by atoms with Crippen LogP contribution >= 0.6 is 0 Å². The number of benzene rings is 1. The van der Waals surface area contributed by atoms with Crippen LogP contribution in [0, 0.1) is 0 Å². The Kier molecular flexibility index (Phi) is 15.9. The molecule has 1 unspecified atom stereocenters. The summed E-state index contributed by atoms with van der Waals surface area (Å²) in [7, 11) is 0. The van der Waals surface area contributed by atoms with Gasteiger partial charge in [0.15, 0.2) is 0 Å². The van der Waals surface area contributed by atoms with Gasteiger partial charge in [-0.25, -0.2) is 4.79 Å². The largest absolute Gasteiger partial charge is 0.460 e. The number of hydrogen-bond donors (Lipinski definition) is 1. The molecule has 3 atom stereocenters. The van der Waals surface area contributed by atoms with Crippen LogP contribution in [0.2, 0.25) is 0 Å². The predicted molar refractivity (Wildman–Crippen MR) is 161 cm³/mol. The third kappa shape index (κ3) is 12.9. The highest BCUT2D eigenvalue weighted by atomic mass is 16.6. The molecule has 0 heterocycles. The maximum atomic E-state index is 13.0. The molecule has 1 N–H and O–H groups in total. The van der Waals surface area contributed by atoms with Gasteiger partial charge in [-0.1, -0.05) is 93.5 Å². The molecule has 0 bridgehead atoms. The summed E-state index contributed by atoms with van der Waals surface area (Å²) in [6.45, 7) is 5.67. The van der Waals surface area contributed by atoms with Crippen molar-refractivity contribution in [2.45, 2.75) is 116 Å². The average molecular weight is 552 g/mol. The number of ether oxygens (including phenoxy) is 2. The molecule has 1 fully saturated rings. The molecule has 1 aliphatic carbocycles.